The Labute approximate surface area is 92.4 Å². The smallest absolute Gasteiger partial charge is 0.0463 e. The number of ether oxygens (including phenoxy) is 1. The number of rotatable bonds is 5. The average molecular weight is 207 g/mol. The Hall–Kier alpha value is -0.860. The molecule has 0 aliphatic heterocycles. The molecule has 1 unspecified atom stereocenters. The third-order valence-corrected chi connectivity index (χ3v) is 2.76. The number of benzene rings is 1. The Morgan fingerprint density at radius 3 is 2.40 bits per heavy atom. The number of hydrogen-bond donors (Lipinski definition) is 1. The molecule has 2 nitrogen and oxygen atoms in total. The third-order valence-electron chi connectivity index (χ3n) is 2.76. The Kier molecular flexibility index (Phi) is 4.30. The molecule has 0 fully saturated rings. The van der Waals surface area contributed by atoms with Gasteiger partial charge in [0, 0.05) is 19.3 Å². The van der Waals surface area contributed by atoms with Crippen molar-refractivity contribution >= 4 is 0 Å². The maximum atomic E-state index is 6.27. The maximum Gasteiger partial charge on any atom is 0.0463 e. The summed E-state index contributed by atoms with van der Waals surface area (Å²) in [5.74, 6) is 0. The van der Waals surface area contributed by atoms with Gasteiger partial charge in [0.2, 0.25) is 0 Å². The molecule has 1 aromatic carbocycles. The standard InChI is InChI=1S/C13H21NO/c1-11-5-7-12(8-6-11)13(2,14)9-4-10-15-3/h5-8H,4,9-10,14H2,1-3H3. The lowest BCUT2D eigenvalue weighted by Crippen LogP contribution is -2.33. The number of nitrogens with two attached hydrogens (primary N) is 1. The van der Waals surface area contributed by atoms with Crippen molar-refractivity contribution in [3.05, 3.63) is 35.4 Å². The van der Waals surface area contributed by atoms with Gasteiger partial charge < -0.3 is 10.5 Å². The molecule has 1 aromatic rings. The van der Waals surface area contributed by atoms with Crippen LogP contribution >= 0.6 is 0 Å². The third kappa shape index (κ3) is 3.65. The monoisotopic (exact) mass is 207 g/mol. The van der Waals surface area contributed by atoms with Crippen molar-refractivity contribution in [2.45, 2.75) is 32.2 Å². The van der Waals surface area contributed by atoms with E-state index in [-0.39, 0.29) is 5.54 Å². The number of methoxy groups -OCH3 is 1. The van der Waals surface area contributed by atoms with Crippen LogP contribution in [0.3, 0.4) is 0 Å². The van der Waals surface area contributed by atoms with Crippen LogP contribution in [-0.2, 0) is 10.3 Å². The topological polar surface area (TPSA) is 35.2 Å². The van der Waals surface area contributed by atoms with Gasteiger partial charge in [-0.1, -0.05) is 29.8 Å². The first-order valence-corrected chi connectivity index (χ1v) is 5.41. The van der Waals surface area contributed by atoms with Gasteiger partial charge in [-0.2, -0.15) is 0 Å². The van der Waals surface area contributed by atoms with Gasteiger partial charge in [-0.3, -0.25) is 0 Å². The highest BCUT2D eigenvalue weighted by molar-refractivity contribution is 5.26. The largest absolute Gasteiger partial charge is 0.385 e. The van der Waals surface area contributed by atoms with E-state index in [1.54, 1.807) is 7.11 Å². The molecule has 2 N–H and O–H groups in total. The quantitative estimate of drug-likeness (QED) is 0.753. The van der Waals surface area contributed by atoms with Crippen molar-refractivity contribution in [3.8, 4) is 0 Å². The van der Waals surface area contributed by atoms with Crippen molar-refractivity contribution in [2.75, 3.05) is 13.7 Å². The molecule has 1 rings (SSSR count). The second kappa shape index (κ2) is 5.29. The fraction of sp³-hybridized carbons (Fsp3) is 0.538. The summed E-state index contributed by atoms with van der Waals surface area (Å²) in [7, 11) is 1.72. The van der Waals surface area contributed by atoms with E-state index < -0.39 is 0 Å². The minimum atomic E-state index is -0.244. The van der Waals surface area contributed by atoms with Crippen LogP contribution in [0.5, 0.6) is 0 Å². The summed E-state index contributed by atoms with van der Waals surface area (Å²) in [5, 5.41) is 0. The van der Waals surface area contributed by atoms with Crippen molar-refractivity contribution in [1.82, 2.24) is 0 Å². The first-order chi connectivity index (χ1) is 7.06. The van der Waals surface area contributed by atoms with Crippen molar-refractivity contribution < 1.29 is 4.74 Å². The molecule has 0 bridgehead atoms. The Morgan fingerprint density at radius 1 is 1.27 bits per heavy atom. The molecular formula is C13H21NO. The summed E-state index contributed by atoms with van der Waals surface area (Å²) in [6.07, 6.45) is 1.95. The van der Waals surface area contributed by atoms with Crippen molar-refractivity contribution in [3.63, 3.8) is 0 Å². The molecule has 0 radical (unpaired) electrons. The minimum absolute atomic E-state index is 0.244. The lowest BCUT2D eigenvalue weighted by Gasteiger charge is -2.25. The first kappa shape index (κ1) is 12.2. The van der Waals surface area contributed by atoms with Gasteiger partial charge in [-0.05, 0) is 32.3 Å². The van der Waals surface area contributed by atoms with Gasteiger partial charge in [0.15, 0.2) is 0 Å². The fourth-order valence-corrected chi connectivity index (χ4v) is 1.66. The second-order valence-corrected chi connectivity index (χ2v) is 4.38. The van der Waals surface area contributed by atoms with Crippen LogP contribution in [0.25, 0.3) is 0 Å². The zero-order chi connectivity index (χ0) is 11.3. The zero-order valence-electron chi connectivity index (χ0n) is 9.92. The molecule has 2 heteroatoms. The molecule has 1 atom stereocenters. The summed E-state index contributed by atoms with van der Waals surface area (Å²) in [6, 6.07) is 8.44. The normalized spacial score (nSPS) is 14.9. The predicted octanol–water partition coefficient (Wildman–Crippen LogP) is 2.60. The van der Waals surface area contributed by atoms with Crippen LogP contribution in [-0.4, -0.2) is 13.7 Å². The van der Waals surface area contributed by atoms with Gasteiger partial charge >= 0.3 is 0 Å². The van der Waals surface area contributed by atoms with E-state index in [1.165, 1.54) is 11.1 Å². The molecule has 0 aromatic heterocycles. The summed E-state index contributed by atoms with van der Waals surface area (Å²) < 4.78 is 5.04. The Balaban J connectivity index is 2.63. The van der Waals surface area contributed by atoms with Gasteiger partial charge in [0.05, 0.1) is 0 Å². The highest BCUT2D eigenvalue weighted by Crippen LogP contribution is 2.23. The van der Waals surface area contributed by atoms with E-state index in [2.05, 4.69) is 38.1 Å². The van der Waals surface area contributed by atoms with E-state index in [0.29, 0.717) is 0 Å². The highest BCUT2D eigenvalue weighted by atomic mass is 16.5. The maximum absolute atomic E-state index is 6.27. The minimum Gasteiger partial charge on any atom is -0.385 e. The SMILES string of the molecule is COCCCC(C)(N)c1ccc(C)cc1. The van der Waals surface area contributed by atoms with E-state index in [9.17, 15) is 0 Å². The molecule has 0 saturated heterocycles. The molecule has 0 spiro atoms. The predicted molar refractivity (Wildman–Crippen MR) is 63.8 cm³/mol. The van der Waals surface area contributed by atoms with Gasteiger partial charge in [-0.25, -0.2) is 0 Å². The van der Waals surface area contributed by atoms with E-state index in [1.807, 2.05) is 0 Å². The molecular weight excluding hydrogens is 186 g/mol. The van der Waals surface area contributed by atoms with Crippen LogP contribution in [0.15, 0.2) is 24.3 Å². The van der Waals surface area contributed by atoms with Gasteiger partial charge in [0.1, 0.15) is 0 Å². The van der Waals surface area contributed by atoms with Crippen molar-refractivity contribution in [1.29, 1.82) is 0 Å². The highest BCUT2D eigenvalue weighted by Gasteiger charge is 2.19. The van der Waals surface area contributed by atoms with E-state index >= 15 is 0 Å². The molecule has 0 saturated carbocycles. The molecule has 0 amide bonds. The molecule has 84 valence electrons. The summed E-state index contributed by atoms with van der Waals surface area (Å²) in [5.41, 5.74) is 8.50. The molecule has 15 heavy (non-hydrogen) atoms. The van der Waals surface area contributed by atoms with Crippen LogP contribution in [0, 0.1) is 6.92 Å². The molecule has 0 aliphatic carbocycles. The number of hydrogen-bond acceptors (Lipinski definition) is 2. The Bertz CT molecular complexity index is 290. The Morgan fingerprint density at radius 2 is 1.87 bits per heavy atom. The zero-order valence-corrected chi connectivity index (χ0v) is 9.92. The van der Waals surface area contributed by atoms with Crippen LogP contribution in [0.2, 0.25) is 0 Å². The lowest BCUT2D eigenvalue weighted by atomic mass is 9.88. The van der Waals surface area contributed by atoms with Crippen LogP contribution in [0.4, 0.5) is 0 Å². The van der Waals surface area contributed by atoms with Gasteiger partial charge in [-0.15, -0.1) is 0 Å². The molecule has 0 heterocycles. The summed E-state index contributed by atoms with van der Waals surface area (Å²) in [6.45, 7) is 4.94. The molecule has 0 aliphatic rings. The van der Waals surface area contributed by atoms with Crippen molar-refractivity contribution in [2.24, 2.45) is 5.73 Å². The first-order valence-electron chi connectivity index (χ1n) is 5.41. The fourth-order valence-electron chi connectivity index (χ4n) is 1.66. The van der Waals surface area contributed by atoms with Crippen LogP contribution in [0.1, 0.15) is 30.9 Å². The van der Waals surface area contributed by atoms with E-state index in [4.69, 9.17) is 10.5 Å². The average Bonchev–Trinajstić information content (AvgIpc) is 2.18. The number of aryl methyl sites for hydroxylation is 1. The summed E-state index contributed by atoms with van der Waals surface area (Å²) >= 11 is 0. The van der Waals surface area contributed by atoms with Crippen LogP contribution < -0.4 is 5.73 Å². The van der Waals surface area contributed by atoms with Gasteiger partial charge in [0.25, 0.3) is 0 Å². The summed E-state index contributed by atoms with van der Waals surface area (Å²) in [4.78, 5) is 0. The second-order valence-electron chi connectivity index (χ2n) is 4.38. The van der Waals surface area contributed by atoms with E-state index in [0.717, 1.165) is 19.4 Å². The lowest BCUT2D eigenvalue weighted by molar-refractivity contribution is 0.184.